The average Bonchev–Trinajstić information content (AvgIpc) is 3.50. The second-order valence-electron chi connectivity index (χ2n) is 7.77. The number of hydrogen-bond donors (Lipinski definition) is 1. The lowest BCUT2D eigenvalue weighted by Crippen LogP contribution is -2.27. The molecule has 1 saturated heterocycles. The van der Waals surface area contributed by atoms with Gasteiger partial charge in [0.2, 0.25) is 0 Å². The van der Waals surface area contributed by atoms with Crippen molar-refractivity contribution in [1.29, 1.82) is 0 Å². The van der Waals surface area contributed by atoms with Crippen LogP contribution in [-0.2, 0) is 11.8 Å². The molecule has 5 rings (SSSR count). The summed E-state index contributed by atoms with van der Waals surface area (Å²) < 4.78 is 19.7. The summed E-state index contributed by atoms with van der Waals surface area (Å²) in [6.45, 7) is 4.31. The predicted molar refractivity (Wildman–Crippen MR) is 129 cm³/mol. The topological polar surface area (TPSA) is 99.2 Å². The Bertz CT molecular complexity index is 1300. The number of ether oxygens (including phenoxy) is 1. The molecular weight excluding hydrogens is 435 g/mol. The fraction of sp³-hybridized carbons (Fsp3) is 0.200. The number of nitrogens with zero attached hydrogens (tertiary/aromatic N) is 5. The van der Waals surface area contributed by atoms with Crippen molar-refractivity contribution < 1.29 is 13.9 Å². The molecule has 8 nitrogen and oxygen atoms in total. The first-order chi connectivity index (χ1) is 16.4. The summed E-state index contributed by atoms with van der Waals surface area (Å²) in [5, 5.41) is 5.29. The molecule has 1 amide bonds. The normalized spacial score (nSPS) is 12.8. The van der Waals surface area contributed by atoms with Crippen LogP contribution in [0.3, 0.4) is 0 Å². The first-order valence-electron chi connectivity index (χ1n) is 10.8. The lowest BCUT2D eigenvalue weighted by molar-refractivity contribution is -0.127. The number of nitrogens with two attached hydrogens (primary N) is 1. The maximum atomic E-state index is 12.2. The number of rotatable bonds is 4. The van der Waals surface area contributed by atoms with Crippen LogP contribution in [0.1, 0.15) is 12.8 Å². The fourth-order valence-electron chi connectivity index (χ4n) is 3.71. The number of aryl methyl sites for hydroxylation is 1. The number of carbonyl (C=O) groups is 1. The number of anilines is 1. The number of nitrogen functional groups attached to an aromatic ring is 1. The first-order valence-corrected chi connectivity index (χ1v) is 10.8. The highest BCUT2D eigenvalue weighted by molar-refractivity contribution is 5.98. The van der Waals surface area contributed by atoms with E-state index in [9.17, 15) is 9.18 Å². The van der Waals surface area contributed by atoms with E-state index in [2.05, 4.69) is 21.6 Å². The molecular formula is C25H25FN6O2. The van der Waals surface area contributed by atoms with Crippen molar-refractivity contribution in [2.24, 2.45) is 7.05 Å². The van der Waals surface area contributed by atoms with Gasteiger partial charge in [0.25, 0.3) is 5.91 Å². The lowest BCUT2D eigenvalue weighted by atomic mass is 10.1. The number of fused-ring (bicyclic) bond motifs is 1. The highest BCUT2D eigenvalue weighted by atomic mass is 19.1. The van der Waals surface area contributed by atoms with E-state index in [1.54, 1.807) is 4.68 Å². The zero-order valence-corrected chi connectivity index (χ0v) is 18.8. The number of hydrogen-bond acceptors (Lipinski definition) is 6. The molecule has 1 fully saturated rings. The van der Waals surface area contributed by atoms with Gasteiger partial charge in [0.1, 0.15) is 29.3 Å². The molecule has 0 bridgehead atoms. The van der Waals surface area contributed by atoms with Crippen LogP contribution in [0.4, 0.5) is 10.2 Å². The Morgan fingerprint density at radius 1 is 1.03 bits per heavy atom. The zero-order valence-electron chi connectivity index (χ0n) is 18.8. The molecule has 2 aromatic carbocycles. The van der Waals surface area contributed by atoms with E-state index in [0.717, 1.165) is 41.0 Å². The summed E-state index contributed by atoms with van der Waals surface area (Å²) in [4.78, 5) is 20.6. The van der Waals surface area contributed by atoms with Crippen molar-refractivity contribution in [1.82, 2.24) is 24.6 Å². The summed E-state index contributed by atoms with van der Waals surface area (Å²) in [7, 11) is 1.84. The molecule has 3 heterocycles. The number of para-hydroxylation sites is 1. The van der Waals surface area contributed by atoms with Gasteiger partial charge in [-0.15, -0.1) is 0 Å². The molecule has 0 unspecified atom stereocenters. The minimum atomic E-state index is -0.845. The van der Waals surface area contributed by atoms with E-state index in [1.165, 1.54) is 11.2 Å². The van der Waals surface area contributed by atoms with Gasteiger partial charge in [-0.3, -0.25) is 4.79 Å². The van der Waals surface area contributed by atoms with Crippen LogP contribution in [0.25, 0.3) is 22.3 Å². The number of carbonyl (C=O) groups excluding carboxylic acids is 1. The number of halogens is 1. The van der Waals surface area contributed by atoms with Gasteiger partial charge in [-0.2, -0.15) is 5.10 Å². The van der Waals surface area contributed by atoms with Crippen LogP contribution < -0.4 is 10.5 Å². The van der Waals surface area contributed by atoms with Gasteiger partial charge in [0.15, 0.2) is 11.5 Å². The first kappa shape index (κ1) is 22.9. The van der Waals surface area contributed by atoms with Crippen molar-refractivity contribution in [3.8, 4) is 22.8 Å². The van der Waals surface area contributed by atoms with E-state index in [1.807, 2.05) is 61.6 Å². The Morgan fingerprint density at radius 2 is 1.68 bits per heavy atom. The predicted octanol–water partition coefficient (Wildman–Crippen LogP) is 4.50. The largest absolute Gasteiger partial charge is 0.457 e. The standard InChI is InChI=1S/C18H15N5O.C7H10FNO/c1-23-18-15(17(19)20-11-21-18)16(22-23)12-7-9-14(10-8-12)24-13-5-3-2-4-6-13;1-6(8)7(10)9-4-2-3-5-9/h2-11H,1H3,(H2,19,20,21);1-5H2. The minimum absolute atomic E-state index is 0.424. The SMILES string of the molecule is C=C(F)C(=O)N1CCCC1.Cn1nc(-c2ccc(Oc3ccccc3)cc2)c2c(N)ncnc21. The van der Waals surface area contributed by atoms with Gasteiger partial charge >= 0.3 is 0 Å². The second kappa shape index (κ2) is 10.1. The number of amides is 1. The fourth-order valence-corrected chi connectivity index (χ4v) is 3.71. The number of likely N-dealkylation sites (tertiary alicyclic amines) is 1. The number of benzene rings is 2. The van der Waals surface area contributed by atoms with Gasteiger partial charge in [-0.1, -0.05) is 24.8 Å². The van der Waals surface area contributed by atoms with E-state index in [-0.39, 0.29) is 0 Å². The molecule has 0 atom stereocenters. The molecule has 2 N–H and O–H groups in total. The summed E-state index contributed by atoms with van der Waals surface area (Å²) >= 11 is 0. The Kier molecular flexibility index (Phi) is 6.82. The lowest BCUT2D eigenvalue weighted by Gasteiger charge is -2.12. The molecule has 0 saturated carbocycles. The Hall–Kier alpha value is -4.27. The van der Waals surface area contributed by atoms with Crippen molar-refractivity contribution in [3.63, 3.8) is 0 Å². The molecule has 1 aliphatic rings. The van der Waals surface area contributed by atoms with Crippen LogP contribution in [-0.4, -0.2) is 43.6 Å². The van der Waals surface area contributed by atoms with E-state index in [4.69, 9.17) is 10.5 Å². The van der Waals surface area contributed by atoms with Crippen LogP contribution in [0.15, 0.2) is 73.3 Å². The van der Waals surface area contributed by atoms with E-state index >= 15 is 0 Å². The third-order valence-electron chi connectivity index (χ3n) is 5.38. The Morgan fingerprint density at radius 3 is 2.32 bits per heavy atom. The van der Waals surface area contributed by atoms with Gasteiger partial charge < -0.3 is 15.4 Å². The molecule has 0 spiro atoms. The summed E-state index contributed by atoms with van der Waals surface area (Å²) in [5.41, 5.74) is 8.41. The maximum Gasteiger partial charge on any atom is 0.281 e. The Labute approximate surface area is 196 Å². The van der Waals surface area contributed by atoms with Crippen molar-refractivity contribution in [3.05, 3.63) is 73.3 Å². The molecule has 9 heteroatoms. The highest BCUT2D eigenvalue weighted by Gasteiger charge is 2.19. The maximum absolute atomic E-state index is 12.2. The molecule has 0 radical (unpaired) electrons. The van der Waals surface area contributed by atoms with Crippen LogP contribution in [0.5, 0.6) is 11.5 Å². The summed E-state index contributed by atoms with van der Waals surface area (Å²) in [5.74, 6) is 0.590. The molecule has 2 aromatic heterocycles. The van der Waals surface area contributed by atoms with Crippen LogP contribution in [0, 0.1) is 0 Å². The molecule has 0 aliphatic carbocycles. The summed E-state index contributed by atoms with van der Waals surface area (Å²) in [6, 6.07) is 17.4. The second-order valence-corrected chi connectivity index (χ2v) is 7.77. The third kappa shape index (κ3) is 5.03. The third-order valence-corrected chi connectivity index (χ3v) is 5.38. The number of aromatic nitrogens is 4. The van der Waals surface area contributed by atoms with Crippen LogP contribution in [0.2, 0.25) is 0 Å². The zero-order chi connectivity index (χ0) is 24.1. The van der Waals surface area contributed by atoms with Gasteiger partial charge in [0, 0.05) is 25.7 Å². The molecule has 1 aliphatic heterocycles. The molecule has 174 valence electrons. The van der Waals surface area contributed by atoms with Gasteiger partial charge in [-0.25, -0.2) is 19.0 Å². The quantitative estimate of drug-likeness (QED) is 0.450. The van der Waals surface area contributed by atoms with Gasteiger partial charge in [-0.05, 0) is 49.2 Å². The average molecular weight is 461 g/mol. The molecule has 4 aromatic rings. The van der Waals surface area contributed by atoms with E-state index in [0.29, 0.717) is 24.6 Å². The van der Waals surface area contributed by atoms with E-state index < -0.39 is 11.7 Å². The smallest absolute Gasteiger partial charge is 0.281 e. The van der Waals surface area contributed by atoms with Crippen LogP contribution >= 0.6 is 0 Å². The minimum Gasteiger partial charge on any atom is -0.457 e. The molecule has 34 heavy (non-hydrogen) atoms. The van der Waals surface area contributed by atoms with Crippen molar-refractivity contribution >= 4 is 22.8 Å². The monoisotopic (exact) mass is 460 g/mol. The Balaban J connectivity index is 0.000000231. The summed E-state index contributed by atoms with van der Waals surface area (Å²) in [6.07, 6.45) is 3.41. The van der Waals surface area contributed by atoms with Crippen molar-refractivity contribution in [2.45, 2.75) is 12.8 Å². The van der Waals surface area contributed by atoms with Crippen molar-refractivity contribution in [2.75, 3.05) is 18.8 Å². The van der Waals surface area contributed by atoms with Gasteiger partial charge in [0.05, 0.1) is 5.39 Å². The highest BCUT2D eigenvalue weighted by Crippen LogP contribution is 2.31.